The second-order valence-corrected chi connectivity index (χ2v) is 9.16. The van der Waals surface area contributed by atoms with E-state index in [0.29, 0.717) is 16.1 Å². The van der Waals surface area contributed by atoms with Gasteiger partial charge in [0.2, 0.25) is 0 Å². The number of anilines is 1. The van der Waals surface area contributed by atoms with Crippen molar-refractivity contribution in [1.82, 2.24) is 4.98 Å². The molecule has 4 heteroatoms. The zero-order valence-corrected chi connectivity index (χ0v) is 16.4. The Kier molecular flexibility index (Phi) is 4.34. The van der Waals surface area contributed by atoms with Crippen LogP contribution >= 0.6 is 23.2 Å². The van der Waals surface area contributed by atoms with Gasteiger partial charge in [0.05, 0.1) is 11.4 Å². The highest BCUT2D eigenvalue weighted by Crippen LogP contribution is 2.46. The van der Waals surface area contributed by atoms with Crippen LogP contribution in [0.4, 0.5) is 5.69 Å². The average molecular weight is 363 g/mol. The maximum Gasteiger partial charge on any atom is 0.0711 e. The Balaban J connectivity index is 1.91. The van der Waals surface area contributed by atoms with Crippen LogP contribution in [0.1, 0.15) is 51.4 Å². The molecule has 2 heterocycles. The molecule has 0 aliphatic carbocycles. The Morgan fingerprint density at radius 2 is 1.88 bits per heavy atom. The van der Waals surface area contributed by atoms with E-state index in [-0.39, 0.29) is 10.8 Å². The Bertz CT molecular complexity index is 776. The Morgan fingerprint density at radius 3 is 2.50 bits per heavy atom. The van der Waals surface area contributed by atoms with Crippen molar-refractivity contribution in [3.8, 4) is 0 Å². The number of halogens is 2. The largest absolute Gasteiger partial charge is 0.379 e. The topological polar surface area (TPSA) is 24.9 Å². The van der Waals surface area contributed by atoms with Gasteiger partial charge in [-0.3, -0.25) is 4.98 Å². The van der Waals surface area contributed by atoms with Gasteiger partial charge < -0.3 is 5.32 Å². The minimum Gasteiger partial charge on any atom is -0.379 e. The molecule has 1 aromatic carbocycles. The van der Waals surface area contributed by atoms with Gasteiger partial charge in [0.1, 0.15) is 0 Å². The smallest absolute Gasteiger partial charge is 0.0711 e. The zero-order valence-electron chi connectivity index (χ0n) is 14.9. The fourth-order valence-electron chi connectivity index (χ4n) is 3.88. The Morgan fingerprint density at radius 1 is 1.17 bits per heavy atom. The molecule has 0 saturated carbocycles. The van der Waals surface area contributed by atoms with Gasteiger partial charge in [-0.2, -0.15) is 0 Å². The molecule has 0 bridgehead atoms. The van der Waals surface area contributed by atoms with Crippen molar-refractivity contribution in [3.63, 3.8) is 0 Å². The van der Waals surface area contributed by atoms with Gasteiger partial charge in [0.15, 0.2) is 0 Å². The monoisotopic (exact) mass is 362 g/mol. The van der Waals surface area contributed by atoms with Crippen molar-refractivity contribution >= 4 is 28.9 Å². The van der Waals surface area contributed by atoms with Crippen LogP contribution in [0.2, 0.25) is 10.0 Å². The van der Waals surface area contributed by atoms with Crippen LogP contribution in [0, 0.1) is 5.41 Å². The predicted molar refractivity (Wildman–Crippen MR) is 103 cm³/mol. The van der Waals surface area contributed by atoms with Gasteiger partial charge >= 0.3 is 0 Å². The van der Waals surface area contributed by atoms with E-state index in [1.807, 2.05) is 18.3 Å². The number of fused-ring (bicyclic) bond motifs is 1. The van der Waals surface area contributed by atoms with Crippen molar-refractivity contribution in [3.05, 3.63) is 57.3 Å². The van der Waals surface area contributed by atoms with Crippen LogP contribution in [-0.2, 0) is 11.8 Å². The van der Waals surface area contributed by atoms with Crippen LogP contribution < -0.4 is 5.32 Å². The molecular weight excluding hydrogens is 339 g/mol. The number of hydrogen-bond acceptors (Lipinski definition) is 2. The van der Waals surface area contributed by atoms with Crippen LogP contribution in [0.3, 0.4) is 0 Å². The third kappa shape index (κ3) is 3.14. The summed E-state index contributed by atoms with van der Waals surface area (Å²) in [5.41, 5.74) is 4.66. The number of aromatic nitrogens is 1. The molecule has 1 aliphatic heterocycles. The highest BCUT2D eigenvalue weighted by molar-refractivity contribution is 6.35. The van der Waals surface area contributed by atoms with E-state index in [4.69, 9.17) is 28.2 Å². The number of hydrogen-bond donors (Lipinski definition) is 1. The molecule has 0 amide bonds. The van der Waals surface area contributed by atoms with Gasteiger partial charge in [-0.15, -0.1) is 0 Å². The molecule has 3 rings (SSSR count). The number of nitrogens with one attached hydrogen (secondary N) is 1. The van der Waals surface area contributed by atoms with Gasteiger partial charge in [0.25, 0.3) is 0 Å². The van der Waals surface area contributed by atoms with Crippen LogP contribution in [0.5, 0.6) is 0 Å². The summed E-state index contributed by atoms with van der Waals surface area (Å²) in [6, 6.07) is 8.20. The fraction of sp³-hybridized carbons (Fsp3) is 0.450. The lowest BCUT2D eigenvalue weighted by Gasteiger charge is -2.37. The van der Waals surface area contributed by atoms with Gasteiger partial charge in [0, 0.05) is 34.1 Å². The quantitative estimate of drug-likeness (QED) is 0.698. The number of rotatable bonds is 2. The summed E-state index contributed by atoms with van der Waals surface area (Å²) in [6.45, 7) is 11.3. The third-order valence-electron chi connectivity index (χ3n) is 4.85. The lowest BCUT2D eigenvalue weighted by molar-refractivity contribution is 0.256. The molecular formula is C20H24Cl2N2. The van der Waals surface area contributed by atoms with E-state index in [2.05, 4.69) is 46.0 Å². The highest BCUT2D eigenvalue weighted by atomic mass is 35.5. The summed E-state index contributed by atoms with van der Waals surface area (Å²) in [6.07, 6.45) is 2.72. The summed E-state index contributed by atoms with van der Waals surface area (Å²) in [5.74, 6) is 0. The highest BCUT2D eigenvalue weighted by Gasteiger charge is 2.46. The minimum atomic E-state index is 0.00400. The van der Waals surface area contributed by atoms with E-state index in [0.717, 1.165) is 28.9 Å². The zero-order chi connectivity index (χ0) is 17.7. The summed E-state index contributed by atoms with van der Waals surface area (Å²) in [4.78, 5) is 4.79. The predicted octanol–water partition coefficient (Wildman–Crippen LogP) is 6.10. The first-order chi connectivity index (χ1) is 11.1. The van der Waals surface area contributed by atoms with Crippen molar-refractivity contribution in [2.75, 3.05) is 5.32 Å². The SMILES string of the molecule is CC(C)(C)C1Nc2cc(Cc3ccc(Cl)cc3Cl)cnc2C1(C)C. The van der Waals surface area contributed by atoms with Gasteiger partial charge in [-0.05, 0) is 34.7 Å². The number of nitrogens with zero attached hydrogens (tertiary/aromatic N) is 1. The molecule has 0 saturated heterocycles. The van der Waals surface area contributed by atoms with E-state index in [1.54, 1.807) is 6.07 Å². The summed E-state index contributed by atoms with van der Waals surface area (Å²) in [7, 11) is 0. The minimum absolute atomic E-state index is 0.00400. The maximum absolute atomic E-state index is 6.30. The molecule has 1 atom stereocenters. The van der Waals surface area contributed by atoms with Crippen molar-refractivity contribution < 1.29 is 0 Å². The third-order valence-corrected chi connectivity index (χ3v) is 5.44. The molecule has 1 unspecified atom stereocenters. The molecule has 1 N–H and O–H groups in total. The first kappa shape index (κ1) is 17.6. The maximum atomic E-state index is 6.30. The standard InChI is InChI=1S/C20H24Cl2N2/c1-19(2,3)18-20(4,5)17-16(24-18)9-12(11-23-17)8-13-6-7-14(21)10-15(13)22/h6-7,9-11,18,24H,8H2,1-5H3. The molecule has 1 aromatic heterocycles. The Labute approximate surface area is 154 Å². The molecule has 128 valence electrons. The van der Waals surface area contributed by atoms with E-state index < -0.39 is 0 Å². The number of pyridine rings is 1. The lowest BCUT2D eigenvalue weighted by atomic mass is 9.71. The molecule has 2 nitrogen and oxygen atoms in total. The number of benzene rings is 1. The first-order valence-electron chi connectivity index (χ1n) is 8.29. The second-order valence-electron chi connectivity index (χ2n) is 8.32. The van der Waals surface area contributed by atoms with E-state index in [1.165, 1.54) is 0 Å². The second kappa shape index (κ2) is 5.93. The summed E-state index contributed by atoms with van der Waals surface area (Å²) in [5, 5.41) is 5.06. The molecule has 2 aromatic rings. The lowest BCUT2D eigenvalue weighted by Crippen LogP contribution is -2.43. The van der Waals surface area contributed by atoms with Crippen LogP contribution in [0.15, 0.2) is 30.5 Å². The van der Waals surface area contributed by atoms with Crippen LogP contribution in [-0.4, -0.2) is 11.0 Å². The average Bonchev–Trinajstić information content (AvgIpc) is 2.73. The van der Waals surface area contributed by atoms with Gasteiger partial charge in [-0.25, -0.2) is 0 Å². The van der Waals surface area contributed by atoms with Gasteiger partial charge in [-0.1, -0.05) is 63.9 Å². The molecule has 24 heavy (non-hydrogen) atoms. The fourth-order valence-corrected chi connectivity index (χ4v) is 4.36. The molecule has 0 spiro atoms. The van der Waals surface area contributed by atoms with E-state index in [9.17, 15) is 0 Å². The van der Waals surface area contributed by atoms with E-state index >= 15 is 0 Å². The molecule has 0 radical (unpaired) electrons. The van der Waals surface area contributed by atoms with Crippen molar-refractivity contribution in [2.45, 2.75) is 52.5 Å². The van der Waals surface area contributed by atoms with Crippen molar-refractivity contribution in [2.24, 2.45) is 5.41 Å². The van der Waals surface area contributed by atoms with Crippen molar-refractivity contribution in [1.29, 1.82) is 0 Å². The normalized spacial score (nSPS) is 19.0. The van der Waals surface area contributed by atoms with Crippen LogP contribution in [0.25, 0.3) is 0 Å². The molecule has 1 aliphatic rings. The molecule has 0 fully saturated rings. The Hall–Kier alpha value is -1.25. The first-order valence-corrected chi connectivity index (χ1v) is 9.04. The summed E-state index contributed by atoms with van der Waals surface area (Å²) >= 11 is 12.3. The summed E-state index contributed by atoms with van der Waals surface area (Å²) < 4.78 is 0.